The Bertz CT molecular complexity index is 771. The van der Waals surface area contributed by atoms with Gasteiger partial charge in [0.25, 0.3) is 0 Å². The quantitative estimate of drug-likeness (QED) is 0.243. The fraction of sp³-hybridized carbons (Fsp3) is 0.826. The summed E-state index contributed by atoms with van der Waals surface area (Å²) < 4.78 is 39.8. The molecule has 0 unspecified atom stereocenters. The maximum absolute atomic E-state index is 11.9. The van der Waals surface area contributed by atoms with E-state index >= 15 is 0 Å². The maximum Gasteiger partial charge on any atom is 0.303 e. The molecule has 35 heavy (non-hydrogen) atoms. The molecule has 200 valence electrons. The van der Waals surface area contributed by atoms with Crippen molar-refractivity contribution >= 4 is 39.8 Å². The summed E-state index contributed by atoms with van der Waals surface area (Å²) in [6.07, 6.45) is -4.57. The Kier molecular flexibility index (Phi) is 10.9. The van der Waals surface area contributed by atoms with E-state index in [9.17, 15) is 19.2 Å². The first-order chi connectivity index (χ1) is 16.3. The van der Waals surface area contributed by atoms with E-state index in [1.165, 1.54) is 27.7 Å². The molecule has 0 aromatic carbocycles. The van der Waals surface area contributed by atoms with Crippen molar-refractivity contribution in [1.82, 2.24) is 0 Å². The Morgan fingerprint density at radius 2 is 1.17 bits per heavy atom. The van der Waals surface area contributed by atoms with Gasteiger partial charge in [0, 0.05) is 39.5 Å². The van der Waals surface area contributed by atoms with Gasteiger partial charge in [-0.05, 0) is 5.92 Å². The molecule has 0 saturated carbocycles. The summed E-state index contributed by atoms with van der Waals surface area (Å²) in [5.41, 5.74) is 0. The third-order valence-corrected chi connectivity index (χ3v) is 7.01. The number of hydrogen-bond donors (Lipinski definition) is 0. The molecular formula is C23H35BrO11. The molecule has 0 bridgehead atoms. The molecule has 0 aromatic rings. The van der Waals surface area contributed by atoms with Crippen LogP contribution in [-0.4, -0.2) is 78.9 Å². The number of carbonyl (C=O) groups is 4. The van der Waals surface area contributed by atoms with Crippen LogP contribution in [0.5, 0.6) is 0 Å². The molecular weight excluding hydrogens is 532 g/mol. The zero-order valence-electron chi connectivity index (χ0n) is 21.1. The Morgan fingerprint density at radius 1 is 0.657 bits per heavy atom. The molecule has 2 heterocycles. The predicted molar refractivity (Wildman–Crippen MR) is 123 cm³/mol. The van der Waals surface area contributed by atoms with Gasteiger partial charge < -0.3 is 33.2 Å². The van der Waals surface area contributed by atoms with Crippen LogP contribution in [0.25, 0.3) is 0 Å². The van der Waals surface area contributed by atoms with E-state index in [0.29, 0.717) is 0 Å². The lowest BCUT2D eigenvalue weighted by Gasteiger charge is -2.48. The molecule has 0 spiro atoms. The summed E-state index contributed by atoms with van der Waals surface area (Å²) in [5, 5.41) is -0.672. The van der Waals surface area contributed by atoms with Crippen LogP contribution in [0.3, 0.4) is 0 Å². The van der Waals surface area contributed by atoms with Gasteiger partial charge in [0.2, 0.25) is 0 Å². The molecule has 2 rings (SSSR count). The highest BCUT2D eigenvalue weighted by Crippen LogP contribution is 2.38. The summed E-state index contributed by atoms with van der Waals surface area (Å²) in [4.78, 5) is 46.4. The average Bonchev–Trinajstić information content (AvgIpc) is 2.75. The summed E-state index contributed by atoms with van der Waals surface area (Å²) in [5.74, 6) is -2.72. The first-order valence-electron chi connectivity index (χ1n) is 11.5. The highest BCUT2D eigenvalue weighted by molar-refractivity contribution is 9.09. The molecule has 10 atom stereocenters. The summed E-state index contributed by atoms with van der Waals surface area (Å²) >= 11 is 3.38. The van der Waals surface area contributed by atoms with Crippen molar-refractivity contribution in [2.45, 2.75) is 90.3 Å². The SMILES string of the molecule is CC(=O)OC[C@H]1O[C@H](O[C@H]2[C@H](C)[C@@H](OC(C)=O)[C@@H](Br)O[C@@H]2COC(C)=O)[C@H](OC(C)=O)[C@@H](C)[C@@H]1C. The summed E-state index contributed by atoms with van der Waals surface area (Å²) in [7, 11) is 0. The Balaban J connectivity index is 2.34. The van der Waals surface area contributed by atoms with Gasteiger partial charge in [-0.1, -0.05) is 36.7 Å². The third-order valence-electron chi connectivity index (χ3n) is 6.27. The average molecular weight is 567 g/mol. The van der Waals surface area contributed by atoms with E-state index in [2.05, 4.69) is 15.9 Å². The number of alkyl halides is 1. The van der Waals surface area contributed by atoms with Crippen LogP contribution >= 0.6 is 15.9 Å². The molecule has 0 aliphatic carbocycles. The number of halogens is 1. The largest absolute Gasteiger partial charge is 0.463 e. The molecule has 11 nitrogen and oxygen atoms in total. The minimum absolute atomic E-state index is 0.000630. The van der Waals surface area contributed by atoms with E-state index in [4.69, 9.17) is 33.2 Å². The monoisotopic (exact) mass is 566 g/mol. The van der Waals surface area contributed by atoms with Crippen LogP contribution in [0.15, 0.2) is 0 Å². The van der Waals surface area contributed by atoms with Gasteiger partial charge >= 0.3 is 23.9 Å². The van der Waals surface area contributed by atoms with Crippen molar-refractivity contribution in [2.75, 3.05) is 13.2 Å². The van der Waals surface area contributed by atoms with E-state index in [-0.39, 0.29) is 25.0 Å². The van der Waals surface area contributed by atoms with Gasteiger partial charge in [0.1, 0.15) is 30.4 Å². The van der Waals surface area contributed by atoms with Crippen LogP contribution in [0.1, 0.15) is 48.5 Å². The van der Waals surface area contributed by atoms with Gasteiger partial charge in [0.15, 0.2) is 12.4 Å². The number of hydrogen-bond acceptors (Lipinski definition) is 11. The van der Waals surface area contributed by atoms with Gasteiger partial charge in [-0.25, -0.2) is 0 Å². The second kappa shape index (κ2) is 13.0. The van der Waals surface area contributed by atoms with Crippen molar-refractivity contribution in [3.8, 4) is 0 Å². The highest BCUT2D eigenvalue weighted by Gasteiger charge is 2.51. The fourth-order valence-electron chi connectivity index (χ4n) is 4.25. The van der Waals surface area contributed by atoms with Crippen molar-refractivity contribution in [3.05, 3.63) is 0 Å². The van der Waals surface area contributed by atoms with Gasteiger partial charge in [-0.15, -0.1) is 0 Å². The molecule has 2 saturated heterocycles. The molecule has 12 heteroatoms. The van der Waals surface area contributed by atoms with Crippen LogP contribution < -0.4 is 0 Å². The summed E-state index contributed by atoms with van der Waals surface area (Å²) in [6, 6.07) is 0. The summed E-state index contributed by atoms with van der Waals surface area (Å²) in [6.45, 7) is 10.7. The normalized spacial score (nSPS) is 37.1. The van der Waals surface area contributed by atoms with Crippen molar-refractivity contribution in [1.29, 1.82) is 0 Å². The van der Waals surface area contributed by atoms with Crippen LogP contribution in [0, 0.1) is 17.8 Å². The van der Waals surface area contributed by atoms with Crippen LogP contribution in [0.2, 0.25) is 0 Å². The topological polar surface area (TPSA) is 133 Å². The second-order valence-corrected chi connectivity index (χ2v) is 9.90. The lowest BCUT2D eigenvalue weighted by Crippen LogP contribution is -2.60. The van der Waals surface area contributed by atoms with E-state index < -0.39 is 71.6 Å². The van der Waals surface area contributed by atoms with Crippen LogP contribution in [0.4, 0.5) is 0 Å². The first-order valence-corrected chi connectivity index (χ1v) is 12.4. The van der Waals surface area contributed by atoms with Crippen molar-refractivity contribution in [2.24, 2.45) is 17.8 Å². The lowest BCUT2D eigenvalue weighted by atomic mass is 9.83. The molecule has 2 aliphatic rings. The number of esters is 4. The van der Waals surface area contributed by atoms with Gasteiger partial charge in [0.05, 0.1) is 12.2 Å². The van der Waals surface area contributed by atoms with E-state index in [1.807, 2.05) is 20.8 Å². The molecule has 0 radical (unpaired) electrons. The van der Waals surface area contributed by atoms with Crippen LogP contribution in [-0.2, 0) is 52.3 Å². The minimum atomic E-state index is -1.05. The molecule has 2 fully saturated rings. The number of ether oxygens (including phenoxy) is 7. The highest BCUT2D eigenvalue weighted by atomic mass is 79.9. The zero-order valence-corrected chi connectivity index (χ0v) is 22.6. The minimum Gasteiger partial charge on any atom is -0.463 e. The first kappa shape index (κ1) is 29.5. The molecule has 0 N–H and O–H groups in total. The smallest absolute Gasteiger partial charge is 0.303 e. The fourth-order valence-corrected chi connectivity index (χ4v) is 5.12. The molecule has 0 aromatic heterocycles. The number of rotatable bonds is 8. The third kappa shape index (κ3) is 8.12. The lowest BCUT2D eigenvalue weighted by molar-refractivity contribution is -0.319. The Labute approximate surface area is 213 Å². The Morgan fingerprint density at radius 3 is 1.69 bits per heavy atom. The van der Waals surface area contributed by atoms with Gasteiger partial charge in [-0.3, -0.25) is 19.2 Å². The second-order valence-electron chi connectivity index (χ2n) is 9.00. The molecule has 2 aliphatic heterocycles. The zero-order chi connectivity index (χ0) is 26.4. The number of carbonyl (C=O) groups excluding carboxylic acids is 4. The predicted octanol–water partition coefficient (Wildman–Crippen LogP) is 2.11. The van der Waals surface area contributed by atoms with Crippen molar-refractivity contribution in [3.63, 3.8) is 0 Å². The van der Waals surface area contributed by atoms with E-state index in [1.54, 1.807) is 0 Å². The standard InChI is InChI=1S/C23H35BrO11/c1-10-11(2)21(32-16(7)28)23(34-17(10)8-29-13(4)25)35-19-12(3)20(31-15(6)27)22(24)33-18(19)9-30-14(5)26/h10-12,17-23H,8-9H2,1-7H3/t10-,11-,12-,17+,18+,19-,20+,21+,22-,23+/m0/s1. The Hall–Kier alpha value is -1.76. The van der Waals surface area contributed by atoms with Crippen molar-refractivity contribution < 1.29 is 52.3 Å². The van der Waals surface area contributed by atoms with E-state index in [0.717, 1.165) is 0 Å². The van der Waals surface area contributed by atoms with Gasteiger partial charge in [-0.2, -0.15) is 0 Å². The maximum atomic E-state index is 11.9. The molecule has 0 amide bonds.